The lowest BCUT2D eigenvalue weighted by Gasteiger charge is -2.22. The van der Waals surface area contributed by atoms with E-state index in [0.717, 1.165) is 11.1 Å². The first-order valence-electron chi connectivity index (χ1n) is 13.0. The number of aromatic amines is 1. The zero-order valence-electron chi connectivity index (χ0n) is 23.1. The van der Waals surface area contributed by atoms with E-state index in [1.165, 1.54) is 24.5 Å². The second-order valence-electron chi connectivity index (χ2n) is 9.56. The van der Waals surface area contributed by atoms with Gasteiger partial charge in [0.2, 0.25) is 11.8 Å². The molecule has 0 radical (unpaired) electrons. The molecule has 2 aromatic carbocycles. The monoisotopic (exact) mass is 593 g/mol. The van der Waals surface area contributed by atoms with Crippen molar-refractivity contribution >= 4 is 53.3 Å². The number of benzene rings is 2. The van der Waals surface area contributed by atoms with Crippen molar-refractivity contribution < 1.29 is 19.1 Å². The molecule has 0 fully saturated rings. The number of hydrazone groups is 1. The Hall–Kier alpha value is -4.88. The topological polar surface area (TPSA) is 184 Å². The van der Waals surface area contributed by atoms with Gasteiger partial charge in [-0.15, -0.1) is 0 Å². The molecule has 14 heteroatoms. The minimum Gasteiger partial charge on any atom is -0.453 e. The van der Waals surface area contributed by atoms with Crippen LogP contribution in [0.25, 0.3) is 17.3 Å². The summed E-state index contributed by atoms with van der Waals surface area (Å²) in [5.41, 5.74) is 4.21. The van der Waals surface area contributed by atoms with Crippen LogP contribution < -0.4 is 27.3 Å². The van der Waals surface area contributed by atoms with Crippen molar-refractivity contribution in [2.45, 2.75) is 25.3 Å². The summed E-state index contributed by atoms with van der Waals surface area (Å²) < 4.78 is 4.70. The summed E-state index contributed by atoms with van der Waals surface area (Å²) in [6, 6.07) is 9.75. The number of carbonyl (C=O) groups excluding carboxylic acids is 3. The van der Waals surface area contributed by atoms with E-state index >= 15 is 0 Å². The van der Waals surface area contributed by atoms with Gasteiger partial charge in [0, 0.05) is 41.5 Å². The molecule has 220 valence electrons. The number of fused-ring (bicyclic) bond motifs is 4. The number of carbonyl (C=O) groups is 3. The lowest BCUT2D eigenvalue weighted by molar-refractivity contribution is -0.130. The molecule has 0 unspecified atom stereocenters. The van der Waals surface area contributed by atoms with Gasteiger partial charge in [-0.25, -0.2) is 15.6 Å². The van der Waals surface area contributed by atoms with E-state index in [-0.39, 0.29) is 12.3 Å². The van der Waals surface area contributed by atoms with Gasteiger partial charge in [0.1, 0.15) is 12.2 Å². The van der Waals surface area contributed by atoms with Crippen LogP contribution in [0, 0.1) is 0 Å². The van der Waals surface area contributed by atoms with Gasteiger partial charge >= 0.3 is 6.09 Å². The van der Waals surface area contributed by atoms with Crippen molar-refractivity contribution in [3.05, 3.63) is 70.6 Å². The maximum absolute atomic E-state index is 13.1. The number of nitrogens with one attached hydrogen (secondary N) is 3. The summed E-state index contributed by atoms with van der Waals surface area (Å²) in [4.78, 5) is 47.3. The van der Waals surface area contributed by atoms with Crippen LogP contribution in [0.4, 0.5) is 16.2 Å². The minimum absolute atomic E-state index is 0.00380. The van der Waals surface area contributed by atoms with Crippen molar-refractivity contribution in [3.8, 4) is 11.3 Å². The molecule has 1 aliphatic heterocycles. The predicted octanol–water partition coefficient (Wildman–Crippen LogP) is 3.16. The average Bonchev–Trinajstić information content (AvgIpc) is 3.45. The van der Waals surface area contributed by atoms with E-state index in [9.17, 15) is 14.4 Å². The Labute approximate surface area is 247 Å². The Morgan fingerprint density at radius 3 is 2.86 bits per heavy atom. The quantitative estimate of drug-likeness (QED) is 0.0948. The van der Waals surface area contributed by atoms with Crippen LogP contribution in [0.1, 0.15) is 35.8 Å². The fraction of sp³-hybridized carbons (Fsp3) is 0.250. The summed E-state index contributed by atoms with van der Waals surface area (Å²) in [5, 5.41) is 10.6. The van der Waals surface area contributed by atoms with Gasteiger partial charge in [0.05, 0.1) is 37.2 Å². The van der Waals surface area contributed by atoms with Crippen LogP contribution in [0.3, 0.4) is 0 Å². The molecule has 2 bridgehead atoms. The summed E-state index contributed by atoms with van der Waals surface area (Å²) in [5.74, 6) is 11.0. The van der Waals surface area contributed by atoms with Gasteiger partial charge in [-0.3, -0.25) is 19.9 Å². The molecule has 0 saturated carbocycles. The second-order valence-corrected chi connectivity index (χ2v) is 10.00. The maximum atomic E-state index is 13.1. The number of amides is 3. The van der Waals surface area contributed by atoms with Crippen molar-refractivity contribution in [3.63, 3.8) is 0 Å². The number of hydrogen-bond acceptors (Lipinski definition) is 8. The first-order valence-corrected chi connectivity index (χ1v) is 13.4. The minimum atomic E-state index is -0.733. The zero-order chi connectivity index (χ0) is 30.2. The predicted molar refractivity (Wildman–Crippen MR) is 161 cm³/mol. The molecule has 0 saturated heterocycles. The van der Waals surface area contributed by atoms with Gasteiger partial charge in [-0.2, -0.15) is 5.10 Å². The lowest BCUT2D eigenvalue weighted by atomic mass is 9.99. The van der Waals surface area contributed by atoms with E-state index in [0.29, 0.717) is 52.9 Å². The van der Waals surface area contributed by atoms with Crippen LogP contribution in [0.15, 0.2) is 53.8 Å². The summed E-state index contributed by atoms with van der Waals surface area (Å²) in [6.07, 6.45) is 6.53. The summed E-state index contributed by atoms with van der Waals surface area (Å²) in [7, 11) is 3.02. The number of nitrogens with zero attached hydrogens (tertiary/aromatic N) is 4. The van der Waals surface area contributed by atoms with Crippen LogP contribution in [0.2, 0.25) is 5.02 Å². The Morgan fingerprint density at radius 1 is 1.29 bits per heavy atom. The zero-order valence-corrected chi connectivity index (χ0v) is 23.9. The lowest BCUT2D eigenvalue weighted by Crippen LogP contribution is -2.35. The van der Waals surface area contributed by atoms with Gasteiger partial charge in [0.15, 0.2) is 0 Å². The Balaban J connectivity index is 1.62. The normalized spacial score (nSPS) is 15.6. The van der Waals surface area contributed by atoms with Crippen LogP contribution in [-0.4, -0.2) is 59.8 Å². The molecule has 0 aliphatic carbocycles. The van der Waals surface area contributed by atoms with E-state index in [1.807, 2.05) is 12.1 Å². The van der Waals surface area contributed by atoms with Gasteiger partial charge in [-0.05, 0) is 54.8 Å². The van der Waals surface area contributed by atoms with Gasteiger partial charge in [0.25, 0.3) is 0 Å². The summed E-state index contributed by atoms with van der Waals surface area (Å²) >= 11 is 6.15. The number of hydrogen-bond donors (Lipinski definition) is 5. The number of methoxy groups -OCH3 is 1. The highest BCUT2D eigenvalue weighted by Gasteiger charge is 2.24. The molecule has 1 atom stereocenters. The molecular weight excluding hydrogens is 562 g/mol. The fourth-order valence-electron chi connectivity index (χ4n) is 4.55. The Kier molecular flexibility index (Phi) is 9.78. The molecule has 13 nitrogen and oxygen atoms in total. The second kappa shape index (κ2) is 13.7. The number of hydrazine groups is 1. The number of aromatic nitrogens is 2. The standard InChI is InChI=1S/C28H32ClN9O4/c1-37-11-3-4-17-13-20(34-28(41)42-2)7-8-21(17)23-15-32-27(36-23)22(14-26(37)40)35-25(39)10-5-18-12-19(29)6-9-24(18)38(31)16-33-30/h5-10,12-13,15-16,22H,3-4,11,14,30-31H2,1-2H3,(H,32,36)(H,34,41)(H,35,39)/b10-5+,33-16-/t22-/m0/s1. The highest BCUT2D eigenvalue weighted by atomic mass is 35.5. The molecule has 3 aromatic rings. The van der Waals surface area contributed by atoms with Crippen molar-refractivity contribution in [2.75, 3.05) is 31.0 Å². The number of aryl methyl sites for hydroxylation is 1. The smallest absolute Gasteiger partial charge is 0.411 e. The molecule has 42 heavy (non-hydrogen) atoms. The van der Waals surface area contributed by atoms with E-state index in [4.69, 9.17) is 28.0 Å². The van der Waals surface area contributed by atoms with E-state index in [1.54, 1.807) is 48.5 Å². The Bertz CT molecular complexity index is 1520. The molecule has 0 spiro atoms. The third-order valence-corrected chi connectivity index (χ3v) is 6.92. The SMILES string of the molecule is COC(=O)Nc1ccc2c(c1)CCCN(C)C(=O)C[C@H](NC(=O)/C=C/c1cc(Cl)ccc1N(N)/C=N\N)c1ncc-2[nH]1. The van der Waals surface area contributed by atoms with Crippen molar-refractivity contribution in [1.29, 1.82) is 0 Å². The third-order valence-electron chi connectivity index (χ3n) is 6.69. The number of nitrogens with two attached hydrogens (primary N) is 2. The van der Waals surface area contributed by atoms with Crippen molar-refractivity contribution in [1.82, 2.24) is 20.2 Å². The molecule has 2 heterocycles. The summed E-state index contributed by atoms with van der Waals surface area (Å²) in [6.45, 7) is 0.506. The number of anilines is 2. The molecular formula is C28H32ClN9O4. The first-order chi connectivity index (χ1) is 20.2. The highest BCUT2D eigenvalue weighted by Crippen LogP contribution is 2.29. The van der Waals surface area contributed by atoms with Crippen molar-refractivity contribution in [2.24, 2.45) is 16.8 Å². The van der Waals surface area contributed by atoms with Crippen LogP contribution in [0.5, 0.6) is 0 Å². The maximum Gasteiger partial charge on any atom is 0.411 e. The number of imidazole rings is 1. The van der Waals surface area contributed by atoms with Gasteiger partial charge in [-0.1, -0.05) is 17.7 Å². The third kappa shape index (κ3) is 7.44. The molecule has 3 amide bonds. The number of rotatable bonds is 6. The van der Waals surface area contributed by atoms with Crippen LogP contribution in [-0.2, 0) is 20.7 Å². The number of halogens is 1. The highest BCUT2D eigenvalue weighted by molar-refractivity contribution is 6.30. The molecule has 1 aromatic heterocycles. The van der Waals surface area contributed by atoms with Gasteiger partial charge < -0.3 is 25.8 Å². The fourth-order valence-corrected chi connectivity index (χ4v) is 4.73. The first kappa shape index (κ1) is 30.1. The number of ether oxygens (including phenoxy) is 1. The Morgan fingerprint density at radius 2 is 2.10 bits per heavy atom. The molecule has 1 aliphatic rings. The number of H-pyrrole nitrogens is 1. The van der Waals surface area contributed by atoms with Crippen LogP contribution >= 0.6 is 11.6 Å². The molecule has 4 rings (SSSR count). The largest absolute Gasteiger partial charge is 0.453 e. The van der Waals surface area contributed by atoms with E-state index in [2.05, 4.69) is 25.7 Å². The van der Waals surface area contributed by atoms with E-state index < -0.39 is 18.0 Å². The molecule has 7 N–H and O–H groups in total. The average molecular weight is 594 g/mol.